The Labute approximate surface area is 156 Å². The zero-order chi connectivity index (χ0) is 19.2. The molecule has 2 aromatic rings. The van der Waals surface area contributed by atoms with Gasteiger partial charge < -0.3 is 19.7 Å². The Morgan fingerprint density at radius 1 is 1.15 bits per heavy atom. The molecule has 144 valence electrons. The minimum absolute atomic E-state index is 0.125. The molecule has 0 fully saturated rings. The summed E-state index contributed by atoms with van der Waals surface area (Å²) in [5, 5.41) is 10.6. The van der Waals surface area contributed by atoms with E-state index < -0.39 is 17.8 Å². The third-order valence-electron chi connectivity index (χ3n) is 4.13. The molecular formula is C18H23N5O4. The van der Waals surface area contributed by atoms with Gasteiger partial charge in [0.05, 0.1) is 6.54 Å². The van der Waals surface area contributed by atoms with Gasteiger partial charge >= 0.3 is 0 Å². The first kappa shape index (κ1) is 19.0. The summed E-state index contributed by atoms with van der Waals surface area (Å²) in [4.78, 5) is 27.0. The number of hydrogen-bond acceptors (Lipinski definition) is 7. The molecule has 0 atom stereocenters. The molecule has 1 N–H and O–H groups in total. The third-order valence-corrected chi connectivity index (χ3v) is 4.13. The number of carbonyl (C=O) groups is 1. The van der Waals surface area contributed by atoms with Gasteiger partial charge in [0, 0.05) is 32.0 Å². The second-order valence-electron chi connectivity index (χ2n) is 5.84. The topological polar surface area (TPSA) is 98.6 Å². The molecule has 1 aromatic heterocycles. The van der Waals surface area contributed by atoms with Crippen LogP contribution in [0.3, 0.4) is 0 Å². The number of fused-ring (bicyclic) bond motifs is 1. The van der Waals surface area contributed by atoms with Crippen LogP contribution in [0.25, 0.3) is 0 Å². The third kappa shape index (κ3) is 4.15. The van der Waals surface area contributed by atoms with Crippen molar-refractivity contribution in [2.75, 3.05) is 31.2 Å². The van der Waals surface area contributed by atoms with Crippen LogP contribution in [-0.2, 0) is 16.0 Å². The van der Waals surface area contributed by atoms with Crippen LogP contribution in [0.2, 0.25) is 0 Å². The molecule has 0 saturated heterocycles. The lowest BCUT2D eigenvalue weighted by atomic mass is 10.3. The first-order chi connectivity index (χ1) is 13.2. The highest BCUT2D eigenvalue weighted by Crippen LogP contribution is 2.25. The van der Waals surface area contributed by atoms with Crippen molar-refractivity contribution in [3.05, 3.63) is 46.4 Å². The number of para-hydroxylation sites is 1. The molecule has 0 aliphatic carbocycles. The van der Waals surface area contributed by atoms with Crippen LogP contribution >= 0.6 is 0 Å². The Morgan fingerprint density at radius 3 is 2.52 bits per heavy atom. The van der Waals surface area contributed by atoms with E-state index in [1.54, 1.807) is 0 Å². The van der Waals surface area contributed by atoms with E-state index in [0.717, 1.165) is 5.69 Å². The van der Waals surface area contributed by atoms with Gasteiger partial charge in [0.2, 0.25) is 11.6 Å². The molecule has 0 saturated carbocycles. The average molecular weight is 373 g/mol. The molecule has 27 heavy (non-hydrogen) atoms. The van der Waals surface area contributed by atoms with Crippen molar-refractivity contribution in [2.45, 2.75) is 26.7 Å². The fourth-order valence-corrected chi connectivity index (χ4v) is 2.90. The predicted molar refractivity (Wildman–Crippen MR) is 99.1 cm³/mol. The molecule has 1 amide bonds. The van der Waals surface area contributed by atoms with E-state index in [9.17, 15) is 9.59 Å². The van der Waals surface area contributed by atoms with E-state index in [2.05, 4.69) is 15.5 Å². The van der Waals surface area contributed by atoms with Crippen LogP contribution in [0.5, 0.6) is 0 Å². The molecule has 1 aliphatic rings. The Bertz CT molecular complexity index is 833. The van der Waals surface area contributed by atoms with Gasteiger partial charge in [-0.1, -0.05) is 18.2 Å². The lowest BCUT2D eigenvalue weighted by Gasteiger charge is -2.17. The molecule has 3 rings (SSSR count). The number of nitrogens with zero attached hydrogens (tertiary/aromatic N) is 4. The van der Waals surface area contributed by atoms with E-state index in [4.69, 9.17) is 9.47 Å². The number of aromatic nitrogens is 3. The standard InChI is InChI=1S/C18H23N5O4/c1-3-26-14(27-4-2)12-19-16(24)15-17(25)23-11-10-22(18(23)21-20-15)13-8-6-5-7-9-13/h5-9,14H,3-4,10-12H2,1-2H3,(H,19,24). The zero-order valence-corrected chi connectivity index (χ0v) is 15.4. The highest BCUT2D eigenvalue weighted by Gasteiger charge is 2.27. The van der Waals surface area contributed by atoms with Crippen LogP contribution in [0.15, 0.2) is 35.1 Å². The normalized spacial score (nSPS) is 13.1. The number of nitrogens with one attached hydrogen (secondary N) is 1. The van der Waals surface area contributed by atoms with Gasteiger partial charge in [0.25, 0.3) is 11.5 Å². The number of amides is 1. The van der Waals surface area contributed by atoms with Crippen LogP contribution in [-0.4, -0.2) is 53.3 Å². The summed E-state index contributed by atoms with van der Waals surface area (Å²) in [5.41, 5.74) is 0.228. The molecule has 0 unspecified atom stereocenters. The van der Waals surface area contributed by atoms with Crippen molar-refractivity contribution in [3.8, 4) is 0 Å². The molecule has 0 spiro atoms. The molecule has 0 bridgehead atoms. The highest BCUT2D eigenvalue weighted by atomic mass is 16.7. The van der Waals surface area contributed by atoms with E-state index in [1.165, 1.54) is 4.57 Å². The Morgan fingerprint density at radius 2 is 1.85 bits per heavy atom. The summed E-state index contributed by atoms with van der Waals surface area (Å²) < 4.78 is 12.2. The summed E-state index contributed by atoms with van der Waals surface area (Å²) in [6.45, 7) is 5.75. The largest absolute Gasteiger partial charge is 0.351 e. The minimum Gasteiger partial charge on any atom is -0.351 e. The number of rotatable bonds is 8. The molecule has 0 radical (unpaired) electrons. The zero-order valence-electron chi connectivity index (χ0n) is 15.4. The molecule has 2 heterocycles. The lowest BCUT2D eigenvalue weighted by Crippen LogP contribution is -2.39. The fraction of sp³-hybridized carbons (Fsp3) is 0.444. The van der Waals surface area contributed by atoms with Gasteiger partial charge in [0.15, 0.2) is 6.29 Å². The van der Waals surface area contributed by atoms with E-state index >= 15 is 0 Å². The second kappa shape index (κ2) is 8.74. The van der Waals surface area contributed by atoms with Gasteiger partial charge in [-0.3, -0.25) is 14.2 Å². The molecule has 1 aromatic carbocycles. The van der Waals surface area contributed by atoms with Gasteiger partial charge in [0.1, 0.15) is 0 Å². The molecular weight excluding hydrogens is 350 g/mol. The summed E-state index contributed by atoms with van der Waals surface area (Å²) in [7, 11) is 0. The van der Waals surface area contributed by atoms with Crippen molar-refractivity contribution in [1.82, 2.24) is 20.1 Å². The van der Waals surface area contributed by atoms with E-state index in [0.29, 0.717) is 32.3 Å². The van der Waals surface area contributed by atoms with Crippen molar-refractivity contribution < 1.29 is 14.3 Å². The summed E-state index contributed by atoms with van der Waals surface area (Å²) in [5.74, 6) is -0.158. The monoisotopic (exact) mass is 373 g/mol. The number of hydrogen-bond donors (Lipinski definition) is 1. The van der Waals surface area contributed by atoms with Crippen LogP contribution in [0.1, 0.15) is 24.3 Å². The molecule has 1 aliphatic heterocycles. The summed E-state index contributed by atoms with van der Waals surface area (Å²) >= 11 is 0. The van der Waals surface area contributed by atoms with Gasteiger partial charge in [-0.25, -0.2) is 0 Å². The number of anilines is 2. The number of benzene rings is 1. The maximum atomic E-state index is 12.7. The Balaban J connectivity index is 1.75. The van der Waals surface area contributed by atoms with E-state index in [1.807, 2.05) is 49.1 Å². The smallest absolute Gasteiger partial charge is 0.286 e. The van der Waals surface area contributed by atoms with Gasteiger partial charge in [-0.05, 0) is 26.0 Å². The molecule has 9 heteroatoms. The lowest BCUT2D eigenvalue weighted by molar-refractivity contribution is -0.131. The maximum absolute atomic E-state index is 12.7. The van der Waals surface area contributed by atoms with Crippen molar-refractivity contribution in [3.63, 3.8) is 0 Å². The van der Waals surface area contributed by atoms with Crippen molar-refractivity contribution in [1.29, 1.82) is 0 Å². The SMILES string of the molecule is CCOC(CNC(=O)c1nnc2n(c1=O)CCN2c1ccccc1)OCC. The van der Waals surface area contributed by atoms with E-state index in [-0.39, 0.29) is 12.2 Å². The van der Waals surface area contributed by atoms with Gasteiger partial charge in [-0.2, -0.15) is 0 Å². The van der Waals surface area contributed by atoms with Crippen LogP contribution < -0.4 is 15.8 Å². The first-order valence-corrected chi connectivity index (χ1v) is 8.97. The predicted octanol–water partition coefficient (Wildman–Crippen LogP) is 0.919. The Hall–Kier alpha value is -2.78. The second-order valence-corrected chi connectivity index (χ2v) is 5.84. The molecule has 9 nitrogen and oxygen atoms in total. The Kier molecular flexibility index (Phi) is 6.15. The van der Waals surface area contributed by atoms with Crippen LogP contribution in [0, 0.1) is 0 Å². The first-order valence-electron chi connectivity index (χ1n) is 8.97. The highest BCUT2D eigenvalue weighted by molar-refractivity contribution is 5.91. The maximum Gasteiger partial charge on any atom is 0.286 e. The van der Waals surface area contributed by atoms with Crippen molar-refractivity contribution in [2.24, 2.45) is 0 Å². The quantitative estimate of drug-likeness (QED) is 0.687. The minimum atomic E-state index is -0.592. The van der Waals surface area contributed by atoms with Gasteiger partial charge in [-0.15, -0.1) is 10.2 Å². The summed E-state index contributed by atoms with van der Waals surface area (Å²) in [6, 6.07) is 9.62. The summed E-state index contributed by atoms with van der Waals surface area (Å²) in [6.07, 6.45) is -0.567. The number of carbonyl (C=O) groups excluding carboxylic acids is 1. The average Bonchev–Trinajstić information content (AvgIpc) is 3.12. The fourth-order valence-electron chi connectivity index (χ4n) is 2.90. The number of ether oxygens (including phenoxy) is 2. The van der Waals surface area contributed by atoms with Crippen molar-refractivity contribution >= 4 is 17.5 Å². The van der Waals surface area contributed by atoms with Crippen LogP contribution in [0.4, 0.5) is 11.6 Å².